The zero-order valence-corrected chi connectivity index (χ0v) is 10.4. The molecule has 1 fully saturated rings. The number of ether oxygens (including phenoxy) is 1. The van der Waals surface area contributed by atoms with Gasteiger partial charge >= 0.3 is 0 Å². The molecule has 1 amide bonds. The van der Waals surface area contributed by atoms with Gasteiger partial charge in [-0.05, 0) is 25.0 Å². The lowest BCUT2D eigenvalue weighted by molar-refractivity contribution is -0.124. The Hall–Kier alpha value is -0.970. The summed E-state index contributed by atoms with van der Waals surface area (Å²) < 4.78 is 5.23. The molecule has 1 aliphatic heterocycles. The number of amides is 1. The van der Waals surface area contributed by atoms with Gasteiger partial charge in [-0.25, -0.2) is 0 Å². The van der Waals surface area contributed by atoms with Gasteiger partial charge in [0.2, 0.25) is 0 Å². The second-order valence-electron chi connectivity index (χ2n) is 3.77. The number of rotatable bonds is 2. The highest BCUT2D eigenvalue weighted by atomic mass is 35.5. The van der Waals surface area contributed by atoms with Gasteiger partial charge in [0.15, 0.2) is 5.75 Å². The van der Waals surface area contributed by atoms with Crippen molar-refractivity contribution in [1.29, 1.82) is 0 Å². The molecule has 1 unspecified atom stereocenters. The summed E-state index contributed by atoms with van der Waals surface area (Å²) in [6.45, 7) is 0.584. The van der Waals surface area contributed by atoms with Gasteiger partial charge in [-0.1, -0.05) is 23.2 Å². The van der Waals surface area contributed by atoms with Crippen LogP contribution in [0, 0.1) is 0 Å². The van der Waals surface area contributed by atoms with Gasteiger partial charge in [0.1, 0.15) is 6.10 Å². The zero-order chi connectivity index (χ0) is 12.4. The number of anilines is 1. The van der Waals surface area contributed by atoms with Crippen LogP contribution in [0.3, 0.4) is 0 Å². The van der Waals surface area contributed by atoms with Crippen LogP contribution in [-0.2, 0) is 9.53 Å². The third kappa shape index (κ3) is 2.83. The minimum absolute atomic E-state index is 0.0974. The van der Waals surface area contributed by atoms with Crippen molar-refractivity contribution < 1.29 is 14.6 Å². The van der Waals surface area contributed by atoms with Gasteiger partial charge in [-0.15, -0.1) is 0 Å². The number of benzene rings is 1. The number of nitrogens with one attached hydrogen (secondary N) is 1. The maximum atomic E-state index is 11.8. The molecule has 0 spiro atoms. The predicted octanol–water partition coefficient (Wildman–Crippen LogP) is 2.82. The highest BCUT2D eigenvalue weighted by Crippen LogP contribution is 2.35. The first kappa shape index (κ1) is 12.5. The second kappa shape index (κ2) is 5.12. The Kier molecular flexibility index (Phi) is 3.76. The van der Waals surface area contributed by atoms with Crippen molar-refractivity contribution in [3.8, 4) is 5.75 Å². The quantitative estimate of drug-likeness (QED) is 0.816. The fraction of sp³-hybridized carbons (Fsp3) is 0.364. The lowest BCUT2D eigenvalue weighted by atomic mass is 10.2. The average Bonchev–Trinajstić information content (AvgIpc) is 2.78. The molecular weight excluding hydrogens is 265 g/mol. The van der Waals surface area contributed by atoms with E-state index in [0.717, 1.165) is 6.42 Å². The number of hydrogen-bond acceptors (Lipinski definition) is 3. The number of carbonyl (C=O) groups is 1. The van der Waals surface area contributed by atoms with Crippen LogP contribution in [0.5, 0.6) is 5.75 Å². The molecule has 6 heteroatoms. The molecule has 0 bridgehead atoms. The molecule has 0 aromatic heterocycles. The Balaban J connectivity index is 2.15. The van der Waals surface area contributed by atoms with Crippen LogP contribution < -0.4 is 5.32 Å². The lowest BCUT2D eigenvalue weighted by Crippen LogP contribution is -2.26. The highest BCUT2D eigenvalue weighted by Gasteiger charge is 2.24. The normalized spacial score (nSPS) is 19.3. The number of aromatic hydroxyl groups is 1. The fourth-order valence-corrected chi connectivity index (χ4v) is 2.15. The first-order chi connectivity index (χ1) is 8.08. The minimum atomic E-state index is -0.466. The van der Waals surface area contributed by atoms with E-state index in [0.29, 0.717) is 18.1 Å². The molecule has 92 valence electrons. The number of hydrogen-bond donors (Lipinski definition) is 2. The van der Waals surface area contributed by atoms with Crippen molar-refractivity contribution in [1.82, 2.24) is 0 Å². The van der Waals surface area contributed by atoms with Crippen LogP contribution >= 0.6 is 23.2 Å². The van der Waals surface area contributed by atoms with E-state index in [-0.39, 0.29) is 22.4 Å². The fourth-order valence-electron chi connectivity index (χ4n) is 1.66. The van der Waals surface area contributed by atoms with E-state index >= 15 is 0 Å². The molecule has 0 aliphatic carbocycles. The van der Waals surface area contributed by atoms with E-state index in [4.69, 9.17) is 27.9 Å². The van der Waals surface area contributed by atoms with Crippen LogP contribution in [0.2, 0.25) is 10.0 Å². The minimum Gasteiger partial charge on any atom is -0.504 e. The van der Waals surface area contributed by atoms with Crippen molar-refractivity contribution in [2.45, 2.75) is 18.9 Å². The SMILES string of the molecule is O=C(Nc1cc(Cl)cc(Cl)c1O)C1CCCO1. The van der Waals surface area contributed by atoms with E-state index in [1.54, 1.807) is 0 Å². The van der Waals surface area contributed by atoms with Crippen molar-refractivity contribution in [2.24, 2.45) is 0 Å². The second-order valence-corrected chi connectivity index (χ2v) is 4.62. The van der Waals surface area contributed by atoms with Crippen molar-refractivity contribution in [3.63, 3.8) is 0 Å². The molecule has 1 aliphatic rings. The van der Waals surface area contributed by atoms with Gasteiger partial charge in [-0.2, -0.15) is 0 Å². The predicted molar refractivity (Wildman–Crippen MR) is 65.7 cm³/mol. The number of halogens is 2. The van der Waals surface area contributed by atoms with Crippen LogP contribution in [0.4, 0.5) is 5.69 Å². The number of phenolic OH excluding ortho intramolecular Hbond substituents is 1. The Morgan fingerprint density at radius 1 is 1.47 bits per heavy atom. The summed E-state index contributed by atoms with van der Waals surface area (Å²) in [5.74, 6) is -0.487. The first-order valence-corrected chi connectivity index (χ1v) is 5.94. The molecule has 0 radical (unpaired) electrons. The summed E-state index contributed by atoms with van der Waals surface area (Å²) in [4.78, 5) is 11.8. The number of phenols is 1. The van der Waals surface area contributed by atoms with Crippen LogP contribution in [0.15, 0.2) is 12.1 Å². The van der Waals surface area contributed by atoms with Crippen molar-refractivity contribution >= 4 is 34.8 Å². The average molecular weight is 276 g/mol. The molecule has 0 saturated carbocycles. The molecule has 17 heavy (non-hydrogen) atoms. The van der Waals surface area contributed by atoms with Gasteiger partial charge in [0, 0.05) is 11.6 Å². The molecule has 1 saturated heterocycles. The smallest absolute Gasteiger partial charge is 0.253 e. The summed E-state index contributed by atoms with van der Waals surface area (Å²) in [5, 5.41) is 12.7. The van der Waals surface area contributed by atoms with Crippen LogP contribution in [0.25, 0.3) is 0 Å². The van der Waals surface area contributed by atoms with E-state index < -0.39 is 6.10 Å². The molecule has 1 heterocycles. The molecule has 2 N–H and O–H groups in total. The van der Waals surface area contributed by atoms with Crippen LogP contribution in [-0.4, -0.2) is 23.7 Å². The van der Waals surface area contributed by atoms with Gasteiger partial charge in [-0.3, -0.25) is 4.79 Å². The van der Waals surface area contributed by atoms with Crippen LogP contribution in [0.1, 0.15) is 12.8 Å². The molecular formula is C11H11Cl2NO3. The third-order valence-corrected chi connectivity index (χ3v) is 3.01. The Morgan fingerprint density at radius 2 is 2.24 bits per heavy atom. The lowest BCUT2D eigenvalue weighted by Gasteiger charge is -2.12. The summed E-state index contributed by atoms with van der Waals surface area (Å²) in [6, 6.07) is 2.84. The third-order valence-electron chi connectivity index (χ3n) is 2.51. The summed E-state index contributed by atoms with van der Waals surface area (Å²) >= 11 is 11.5. The van der Waals surface area contributed by atoms with E-state index in [1.807, 2.05) is 0 Å². The monoisotopic (exact) mass is 275 g/mol. The molecule has 2 rings (SSSR count). The highest BCUT2D eigenvalue weighted by molar-refractivity contribution is 6.36. The van der Waals surface area contributed by atoms with Crippen molar-refractivity contribution in [3.05, 3.63) is 22.2 Å². The van der Waals surface area contributed by atoms with Gasteiger partial charge in [0.05, 0.1) is 10.7 Å². The number of carbonyl (C=O) groups excluding carboxylic acids is 1. The van der Waals surface area contributed by atoms with E-state index in [1.165, 1.54) is 12.1 Å². The molecule has 1 aromatic rings. The molecule has 4 nitrogen and oxygen atoms in total. The standard InChI is InChI=1S/C11H11Cl2NO3/c12-6-4-7(13)10(15)8(5-6)14-11(16)9-2-1-3-17-9/h4-5,9,15H,1-3H2,(H,14,16). The Morgan fingerprint density at radius 3 is 2.88 bits per heavy atom. The van der Waals surface area contributed by atoms with Gasteiger partial charge in [0.25, 0.3) is 5.91 Å². The maximum Gasteiger partial charge on any atom is 0.253 e. The first-order valence-electron chi connectivity index (χ1n) is 5.18. The summed E-state index contributed by atoms with van der Waals surface area (Å²) in [7, 11) is 0. The zero-order valence-electron chi connectivity index (χ0n) is 8.87. The van der Waals surface area contributed by atoms with Crippen molar-refractivity contribution in [2.75, 3.05) is 11.9 Å². The topological polar surface area (TPSA) is 58.6 Å². The largest absolute Gasteiger partial charge is 0.504 e. The van der Waals surface area contributed by atoms with E-state index in [9.17, 15) is 9.90 Å². The molecule has 1 atom stereocenters. The van der Waals surface area contributed by atoms with Gasteiger partial charge < -0.3 is 15.2 Å². The maximum absolute atomic E-state index is 11.8. The van der Waals surface area contributed by atoms with E-state index in [2.05, 4.69) is 5.32 Å². The molecule has 1 aromatic carbocycles. The Labute approximate surface area is 108 Å². The Bertz CT molecular complexity index is 445. The summed E-state index contributed by atoms with van der Waals surface area (Å²) in [6.07, 6.45) is 1.08. The summed E-state index contributed by atoms with van der Waals surface area (Å²) in [5.41, 5.74) is 0.197.